The number of hydrogen-bond donors (Lipinski definition) is 0. The van der Waals surface area contributed by atoms with E-state index in [9.17, 15) is 44.1 Å². The summed E-state index contributed by atoms with van der Waals surface area (Å²) in [7, 11) is 0. The first-order valence-electron chi connectivity index (χ1n) is 5.46. The molecule has 0 amide bonds. The van der Waals surface area contributed by atoms with Crippen LogP contribution in [-0.4, -0.2) is 59.7 Å². The summed E-state index contributed by atoms with van der Waals surface area (Å²) in [5.74, 6) is -5.06. The van der Waals surface area contributed by atoms with Gasteiger partial charge in [0.15, 0.2) is 0 Å². The summed E-state index contributed by atoms with van der Waals surface area (Å²) in [6, 6.07) is 0. The predicted octanol–water partition coefficient (Wildman–Crippen LogP) is -4.23. The van der Waals surface area contributed by atoms with E-state index in [0.717, 1.165) is 0 Å². The average molecular weight is 425 g/mol. The van der Waals surface area contributed by atoms with E-state index in [-0.39, 0.29) is 41.8 Å². The number of carbonyl (C=O) groups excluding carboxylic acids is 6. The molecule has 0 spiro atoms. The molecule has 0 unspecified atom stereocenters. The molecular weight excluding hydrogens is 410 g/mol. The molecule has 2 radical (unpaired) electrons. The number of ketones is 3. The second-order valence-corrected chi connectivity index (χ2v) is 3.75. The maximum Gasteiger partial charge on any atom is 3.00 e. The molecule has 0 bridgehead atoms. The molecule has 0 atom stereocenters. The topological polar surface area (TPSA) is 172 Å². The molecule has 22 heavy (non-hydrogen) atoms. The number of hydrogen-bond acceptors (Lipinski definition) is 9. The van der Waals surface area contributed by atoms with Gasteiger partial charge in [0.2, 0.25) is 0 Å². The van der Waals surface area contributed by atoms with Crippen molar-refractivity contribution in [2.75, 3.05) is 0 Å². The minimum atomic E-state index is -1.31. The van der Waals surface area contributed by atoms with E-state index in [4.69, 9.17) is 0 Å². The molecule has 0 aliphatic carbocycles. The number of carboxylic acids is 3. The van der Waals surface area contributed by atoms with Crippen LogP contribution in [0, 0.1) is 0 Å². The monoisotopic (exact) mass is 424 g/mol. The second kappa shape index (κ2) is 17.3. The summed E-state index contributed by atoms with van der Waals surface area (Å²) in [5.41, 5.74) is 0. The van der Waals surface area contributed by atoms with Crippen molar-refractivity contribution in [1.82, 2.24) is 0 Å². The summed E-state index contributed by atoms with van der Waals surface area (Å²) in [4.78, 5) is 57.9. The minimum Gasteiger partial charge on any atom is -0.550 e. The van der Waals surface area contributed by atoms with Crippen molar-refractivity contribution in [3.63, 3.8) is 0 Å². The molecule has 0 aliphatic heterocycles. The number of carbonyl (C=O) groups is 6. The predicted molar refractivity (Wildman–Crippen MR) is 66.7 cm³/mol. The molecule has 122 valence electrons. The van der Waals surface area contributed by atoms with Crippen molar-refractivity contribution in [2.24, 2.45) is 0 Å². The molecule has 0 aromatic carbocycles. The van der Waals surface area contributed by atoms with Crippen molar-refractivity contribution in [3.05, 3.63) is 0 Å². The molecule has 0 rings (SSSR count). The van der Waals surface area contributed by atoms with Crippen LogP contribution in [0.4, 0.5) is 0 Å². The van der Waals surface area contributed by atoms with E-state index in [1.54, 1.807) is 0 Å². The maximum atomic E-state index is 9.83. The van der Waals surface area contributed by atoms with Gasteiger partial charge in [-0.05, 0) is 20.8 Å². The minimum absolute atomic E-state index is 0. The van der Waals surface area contributed by atoms with E-state index in [0.29, 0.717) is 0 Å². The summed E-state index contributed by atoms with van der Waals surface area (Å²) < 4.78 is 0. The smallest absolute Gasteiger partial charge is 0.550 e. The first kappa shape index (κ1) is 28.4. The Morgan fingerprint density at radius 2 is 0.682 bits per heavy atom. The van der Waals surface area contributed by atoms with E-state index in [1.807, 2.05) is 0 Å². The van der Waals surface area contributed by atoms with Crippen LogP contribution in [0.2, 0.25) is 0 Å². The Balaban J connectivity index is -0.000000108. The molecule has 0 N–H and O–H groups in total. The zero-order chi connectivity index (χ0) is 17.6. The van der Waals surface area contributed by atoms with Gasteiger partial charge in [-0.25, -0.2) is 0 Å². The van der Waals surface area contributed by atoms with Crippen LogP contribution in [-0.2, 0) is 28.8 Å². The van der Waals surface area contributed by atoms with E-state index >= 15 is 0 Å². The first-order valence-corrected chi connectivity index (χ1v) is 5.46. The van der Waals surface area contributed by atoms with Crippen molar-refractivity contribution >= 4 is 59.7 Å². The Morgan fingerprint density at radius 1 is 0.545 bits per heavy atom. The van der Waals surface area contributed by atoms with Gasteiger partial charge in [0.25, 0.3) is 0 Å². The zero-order valence-electron chi connectivity index (χ0n) is 12.2. The van der Waals surface area contributed by atoms with Crippen LogP contribution in [0.3, 0.4) is 0 Å². The number of Topliss-reactive ketones (excluding diaryl/α,β-unsaturated/α-hetero) is 3. The van der Waals surface area contributed by atoms with E-state index in [2.05, 4.69) is 0 Å². The SMILES string of the molecule is CC(=O)CC(=O)[O-].CC(=O)CC(=O)[O-].CC(=O)CC(=O)[O-].[Sb+3]. The number of rotatable bonds is 6. The van der Waals surface area contributed by atoms with Crippen molar-refractivity contribution in [1.29, 1.82) is 0 Å². The maximum absolute atomic E-state index is 9.83. The summed E-state index contributed by atoms with van der Waals surface area (Å²) in [5, 5.41) is 28.4. The first-order chi connectivity index (χ1) is 9.38. The molecule has 0 fully saturated rings. The Hall–Kier alpha value is -1.76. The molecule has 0 heterocycles. The largest absolute Gasteiger partial charge is 3.00 e. The van der Waals surface area contributed by atoms with E-state index in [1.165, 1.54) is 20.8 Å². The van der Waals surface area contributed by atoms with Crippen LogP contribution in [0.1, 0.15) is 40.0 Å². The summed E-state index contributed by atoms with van der Waals surface area (Å²) in [6.45, 7) is 3.61. The van der Waals surface area contributed by atoms with Gasteiger partial charge >= 0.3 is 24.4 Å². The quantitative estimate of drug-likeness (QED) is 0.302. The third kappa shape index (κ3) is 51.7. The van der Waals surface area contributed by atoms with Gasteiger partial charge in [0.1, 0.15) is 17.3 Å². The Morgan fingerprint density at radius 3 is 0.682 bits per heavy atom. The van der Waals surface area contributed by atoms with Gasteiger partial charge < -0.3 is 29.7 Å². The third-order valence-electron chi connectivity index (χ3n) is 1.18. The zero-order valence-corrected chi connectivity index (χ0v) is 14.8. The summed E-state index contributed by atoms with van der Waals surface area (Å²) in [6.07, 6.45) is -1.42. The van der Waals surface area contributed by atoms with Gasteiger partial charge in [-0.2, -0.15) is 0 Å². The fourth-order valence-electron chi connectivity index (χ4n) is 0.610. The molecule has 0 aliphatic rings. The Labute approximate surface area is 144 Å². The summed E-state index contributed by atoms with van der Waals surface area (Å²) >= 11 is 0. The number of carboxylic acid groups (broad SMARTS) is 3. The standard InChI is InChI=1S/3C4H6O3.Sb/c3*1-3(5)2-4(6)7;/h3*2H2,1H3,(H,6,7);/q;;;+3/p-3. The van der Waals surface area contributed by atoms with Crippen molar-refractivity contribution < 1.29 is 44.1 Å². The van der Waals surface area contributed by atoms with Gasteiger partial charge in [-0.15, -0.1) is 0 Å². The molecule has 0 aromatic heterocycles. The van der Waals surface area contributed by atoms with Crippen LogP contribution >= 0.6 is 0 Å². The normalized spacial score (nSPS) is 7.77. The molecule has 0 saturated carbocycles. The van der Waals surface area contributed by atoms with Crippen LogP contribution in [0.5, 0.6) is 0 Å². The molecule has 9 nitrogen and oxygen atoms in total. The fourth-order valence-corrected chi connectivity index (χ4v) is 0.610. The Kier molecular flexibility index (Phi) is 22.3. The van der Waals surface area contributed by atoms with Crippen LogP contribution in [0.15, 0.2) is 0 Å². The second-order valence-electron chi connectivity index (χ2n) is 3.75. The fraction of sp³-hybridized carbons (Fsp3) is 0.500. The van der Waals surface area contributed by atoms with Gasteiger partial charge in [-0.1, -0.05) is 0 Å². The molecular formula is C12H15O9Sb. The van der Waals surface area contributed by atoms with E-state index < -0.39 is 37.2 Å². The number of aliphatic carboxylic acids is 3. The molecule has 0 aromatic rings. The third-order valence-corrected chi connectivity index (χ3v) is 1.18. The van der Waals surface area contributed by atoms with Gasteiger partial charge in [0, 0.05) is 37.2 Å². The Bertz CT molecular complexity index is 317. The van der Waals surface area contributed by atoms with Gasteiger partial charge in [0.05, 0.1) is 0 Å². The van der Waals surface area contributed by atoms with Gasteiger partial charge in [-0.3, -0.25) is 14.4 Å². The van der Waals surface area contributed by atoms with Crippen molar-refractivity contribution in [2.45, 2.75) is 40.0 Å². The average Bonchev–Trinajstić information content (AvgIpc) is 2.10. The molecule has 0 saturated heterocycles. The van der Waals surface area contributed by atoms with Crippen molar-refractivity contribution in [3.8, 4) is 0 Å². The molecule has 10 heteroatoms. The van der Waals surface area contributed by atoms with Crippen LogP contribution in [0.25, 0.3) is 0 Å². The van der Waals surface area contributed by atoms with Crippen LogP contribution < -0.4 is 15.3 Å².